The number of aromatic nitrogens is 2. The van der Waals surface area contributed by atoms with Crippen molar-refractivity contribution in [3.63, 3.8) is 0 Å². The minimum absolute atomic E-state index is 0.275. The number of amides is 1. The van der Waals surface area contributed by atoms with E-state index in [1.165, 1.54) is 17.5 Å². The number of hydrazone groups is 1. The van der Waals surface area contributed by atoms with Crippen LogP contribution >= 0.6 is 11.6 Å². The lowest BCUT2D eigenvalue weighted by Crippen LogP contribution is -2.45. The molecular weight excluding hydrogens is 484 g/mol. The minimum Gasteiger partial charge on any atom is -0.369 e. The SMILES string of the molecule is Cc1c(/C=N\NC(=O)c2ccc(CN3CCN(c4ccccc4)CC3)cc2)c(Cl)nn1-c1ccccc1. The highest BCUT2D eigenvalue weighted by Crippen LogP contribution is 2.20. The molecule has 0 saturated carbocycles. The molecule has 0 aliphatic carbocycles. The third-order valence-electron chi connectivity index (χ3n) is 6.59. The van der Waals surface area contributed by atoms with E-state index in [4.69, 9.17) is 11.6 Å². The number of carbonyl (C=O) groups is 1. The molecule has 4 aromatic rings. The van der Waals surface area contributed by atoms with Gasteiger partial charge in [-0.1, -0.05) is 60.1 Å². The maximum atomic E-state index is 12.6. The molecule has 37 heavy (non-hydrogen) atoms. The van der Waals surface area contributed by atoms with Crippen molar-refractivity contribution in [1.82, 2.24) is 20.1 Å². The van der Waals surface area contributed by atoms with Crippen molar-refractivity contribution in [2.45, 2.75) is 13.5 Å². The van der Waals surface area contributed by atoms with Crippen molar-refractivity contribution in [1.29, 1.82) is 0 Å². The molecule has 8 heteroatoms. The molecule has 1 fully saturated rings. The first-order valence-electron chi connectivity index (χ1n) is 12.3. The van der Waals surface area contributed by atoms with E-state index in [0.717, 1.165) is 44.1 Å². The van der Waals surface area contributed by atoms with Gasteiger partial charge in [-0.2, -0.15) is 10.2 Å². The summed E-state index contributed by atoms with van der Waals surface area (Å²) in [5, 5.41) is 8.83. The maximum Gasteiger partial charge on any atom is 0.271 e. The molecular formula is C29H29ClN6O. The Labute approximate surface area is 222 Å². The summed E-state index contributed by atoms with van der Waals surface area (Å²) < 4.78 is 1.76. The quantitative estimate of drug-likeness (QED) is 0.282. The Morgan fingerprint density at radius 2 is 1.54 bits per heavy atom. The molecule has 0 radical (unpaired) electrons. The summed E-state index contributed by atoms with van der Waals surface area (Å²) in [5.74, 6) is -0.275. The molecule has 0 bridgehead atoms. The van der Waals surface area contributed by atoms with Crippen molar-refractivity contribution in [3.8, 4) is 5.69 Å². The zero-order valence-corrected chi connectivity index (χ0v) is 21.5. The van der Waals surface area contributed by atoms with Gasteiger partial charge >= 0.3 is 0 Å². The summed E-state index contributed by atoms with van der Waals surface area (Å²) in [7, 11) is 0. The second kappa shape index (κ2) is 11.4. The molecule has 0 spiro atoms. The minimum atomic E-state index is -0.275. The standard InChI is InChI=1S/C29H29ClN6O/c1-22-27(28(30)33-36(22)26-10-6-3-7-11-26)20-31-32-29(37)24-14-12-23(13-15-24)21-34-16-18-35(19-17-34)25-8-4-2-5-9-25/h2-15,20H,16-19,21H2,1H3,(H,32,37)/b31-20-. The van der Waals surface area contributed by atoms with E-state index < -0.39 is 0 Å². The van der Waals surface area contributed by atoms with E-state index in [1.54, 1.807) is 4.68 Å². The molecule has 1 aromatic heterocycles. The monoisotopic (exact) mass is 512 g/mol. The number of para-hydroxylation sites is 2. The average Bonchev–Trinajstić information content (AvgIpc) is 3.23. The van der Waals surface area contributed by atoms with Gasteiger partial charge in [-0.25, -0.2) is 10.1 Å². The van der Waals surface area contributed by atoms with Crippen LogP contribution in [0.1, 0.15) is 27.2 Å². The van der Waals surface area contributed by atoms with E-state index in [2.05, 4.69) is 49.7 Å². The molecule has 7 nitrogen and oxygen atoms in total. The highest BCUT2D eigenvalue weighted by atomic mass is 35.5. The lowest BCUT2D eigenvalue weighted by atomic mass is 10.1. The molecule has 1 aliphatic rings. The van der Waals surface area contributed by atoms with Crippen LogP contribution in [0.4, 0.5) is 5.69 Å². The Morgan fingerprint density at radius 1 is 0.919 bits per heavy atom. The molecule has 2 heterocycles. The van der Waals surface area contributed by atoms with Crippen LogP contribution in [-0.4, -0.2) is 53.0 Å². The van der Waals surface area contributed by atoms with Gasteiger partial charge in [0.05, 0.1) is 23.2 Å². The number of hydrogen-bond donors (Lipinski definition) is 1. The normalized spacial score (nSPS) is 14.3. The Hall–Kier alpha value is -3.94. The van der Waals surface area contributed by atoms with Gasteiger partial charge in [0, 0.05) is 44.0 Å². The molecule has 0 unspecified atom stereocenters. The largest absolute Gasteiger partial charge is 0.369 e. The van der Waals surface area contributed by atoms with Gasteiger partial charge in [-0.15, -0.1) is 0 Å². The highest BCUT2D eigenvalue weighted by molar-refractivity contribution is 6.32. The molecule has 1 N–H and O–H groups in total. The first-order chi connectivity index (χ1) is 18.1. The average molecular weight is 513 g/mol. The van der Waals surface area contributed by atoms with Gasteiger partial charge in [-0.05, 0) is 48.9 Å². The number of carbonyl (C=O) groups excluding carboxylic acids is 1. The van der Waals surface area contributed by atoms with Gasteiger partial charge in [0.25, 0.3) is 5.91 Å². The van der Waals surface area contributed by atoms with Gasteiger partial charge in [0.1, 0.15) is 0 Å². The molecule has 1 amide bonds. The number of hydrogen-bond acceptors (Lipinski definition) is 5. The van der Waals surface area contributed by atoms with Crippen LogP contribution in [0, 0.1) is 6.92 Å². The van der Waals surface area contributed by atoms with Crippen LogP contribution in [0.5, 0.6) is 0 Å². The topological polar surface area (TPSA) is 65.8 Å². The maximum absolute atomic E-state index is 12.6. The number of benzene rings is 3. The number of nitrogens with zero attached hydrogens (tertiary/aromatic N) is 5. The van der Waals surface area contributed by atoms with Crippen molar-refractivity contribution in [3.05, 3.63) is 112 Å². The Bertz CT molecular complexity index is 1360. The van der Waals surface area contributed by atoms with Gasteiger partial charge in [0.2, 0.25) is 0 Å². The fourth-order valence-corrected chi connectivity index (χ4v) is 4.75. The fraction of sp³-hybridized carbons (Fsp3) is 0.207. The lowest BCUT2D eigenvalue weighted by Gasteiger charge is -2.36. The van der Waals surface area contributed by atoms with Crippen molar-refractivity contribution in [2.24, 2.45) is 5.10 Å². The van der Waals surface area contributed by atoms with Crippen LogP contribution in [0.15, 0.2) is 90.0 Å². The summed E-state index contributed by atoms with van der Waals surface area (Å²) in [5.41, 5.74) is 8.01. The zero-order valence-electron chi connectivity index (χ0n) is 20.7. The predicted octanol–water partition coefficient (Wildman–Crippen LogP) is 4.92. The third kappa shape index (κ3) is 5.90. The first kappa shape index (κ1) is 24.7. The van der Waals surface area contributed by atoms with Crippen molar-refractivity contribution in [2.75, 3.05) is 31.1 Å². The first-order valence-corrected chi connectivity index (χ1v) is 12.7. The molecule has 188 valence electrons. The summed E-state index contributed by atoms with van der Waals surface area (Å²) in [6.07, 6.45) is 1.53. The van der Waals surface area contributed by atoms with E-state index in [-0.39, 0.29) is 5.91 Å². The fourth-order valence-electron chi connectivity index (χ4n) is 4.49. The van der Waals surface area contributed by atoms with E-state index >= 15 is 0 Å². The van der Waals surface area contributed by atoms with Gasteiger partial charge in [-0.3, -0.25) is 9.69 Å². The summed E-state index contributed by atoms with van der Waals surface area (Å²) >= 11 is 6.33. The molecule has 0 atom stereocenters. The van der Waals surface area contributed by atoms with Crippen LogP contribution in [0.25, 0.3) is 5.69 Å². The van der Waals surface area contributed by atoms with E-state index in [9.17, 15) is 4.79 Å². The van der Waals surface area contributed by atoms with Crippen LogP contribution in [0.3, 0.4) is 0 Å². The predicted molar refractivity (Wildman–Crippen MR) is 149 cm³/mol. The number of nitrogens with one attached hydrogen (secondary N) is 1. The Morgan fingerprint density at radius 3 is 2.19 bits per heavy atom. The smallest absolute Gasteiger partial charge is 0.271 e. The van der Waals surface area contributed by atoms with Gasteiger partial charge in [0.15, 0.2) is 5.15 Å². The molecule has 3 aromatic carbocycles. The molecule has 1 aliphatic heterocycles. The van der Waals surface area contributed by atoms with E-state index in [0.29, 0.717) is 16.3 Å². The second-order valence-electron chi connectivity index (χ2n) is 9.03. The van der Waals surface area contributed by atoms with Crippen molar-refractivity contribution >= 4 is 29.4 Å². The van der Waals surface area contributed by atoms with Crippen LogP contribution in [0.2, 0.25) is 5.15 Å². The number of halogens is 1. The molecule has 5 rings (SSSR count). The van der Waals surface area contributed by atoms with Gasteiger partial charge < -0.3 is 4.90 Å². The summed E-state index contributed by atoms with van der Waals surface area (Å²) in [6.45, 7) is 6.82. The second-order valence-corrected chi connectivity index (χ2v) is 9.39. The number of piperazine rings is 1. The van der Waals surface area contributed by atoms with Crippen molar-refractivity contribution < 1.29 is 4.79 Å². The summed E-state index contributed by atoms with van der Waals surface area (Å²) in [4.78, 5) is 17.5. The summed E-state index contributed by atoms with van der Waals surface area (Å²) in [6, 6.07) is 28.0. The lowest BCUT2D eigenvalue weighted by molar-refractivity contribution is 0.0955. The zero-order chi connectivity index (χ0) is 25.6. The van der Waals surface area contributed by atoms with Crippen LogP contribution < -0.4 is 10.3 Å². The van der Waals surface area contributed by atoms with E-state index in [1.807, 2.05) is 67.6 Å². The highest BCUT2D eigenvalue weighted by Gasteiger charge is 2.17. The van der Waals surface area contributed by atoms with Crippen LogP contribution in [-0.2, 0) is 6.54 Å². The third-order valence-corrected chi connectivity index (χ3v) is 6.87. The number of rotatable bonds is 7. The Balaban J connectivity index is 1.14. The Kier molecular flexibility index (Phi) is 7.63. The molecule has 1 saturated heterocycles. The number of anilines is 1.